The van der Waals surface area contributed by atoms with Crippen molar-refractivity contribution in [2.75, 3.05) is 5.32 Å². The molecule has 0 aliphatic heterocycles. The highest BCUT2D eigenvalue weighted by Gasteiger charge is 2.21. The topological polar surface area (TPSA) is 42.0 Å². The van der Waals surface area contributed by atoms with Crippen LogP contribution in [0.5, 0.6) is 0 Å². The lowest BCUT2D eigenvalue weighted by Gasteiger charge is -2.15. The third-order valence-corrected chi connectivity index (χ3v) is 5.41. The zero-order chi connectivity index (χ0) is 21.4. The van der Waals surface area contributed by atoms with Gasteiger partial charge in [0.15, 0.2) is 5.82 Å². The van der Waals surface area contributed by atoms with Gasteiger partial charge in [0.25, 0.3) is 5.91 Å². The van der Waals surface area contributed by atoms with Crippen molar-refractivity contribution >= 4 is 50.0 Å². The summed E-state index contributed by atoms with van der Waals surface area (Å²) in [6, 6.07) is 17.7. The van der Waals surface area contributed by atoms with Gasteiger partial charge in [-0.25, -0.2) is 13.8 Å². The highest BCUT2D eigenvalue weighted by molar-refractivity contribution is 9.10. The summed E-state index contributed by atoms with van der Waals surface area (Å²) >= 11 is 8.99. The predicted molar refractivity (Wildman–Crippen MR) is 118 cm³/mol. The normalized spacial score (nSPS) is 11.0. The second-order valence-electron chi connectivity index (χ2n) is 6.60. The molecule has 4 rings (SSSR count). The minimum Gasteiger partial charge on any atom is -0.319 e. The van der Waals surface area contributed by atoms with E-state index in [1.54, 1.807) is 19.1 Å². The minimum atomic E-state index is -0.947. The van der Waals surface area contributed by atoms with Crippen LogP contribution in [0.15, 0.2) is 59.1 Å². The fourth-order valence-corrected chi connectivity index (χ4v) is 3.75. The molecule has 3 nitrogen and oxygen atoms in total. The molecule has 0 saturated carbocycles. The molecule has 0 aliphatic carbocycles. The van der Waals surface area contributed by atoms with Crippen molar-refractivity contribution in [2.24, 2.45) is 0 Å². The lowest BCUT2D eigenvalue weighted by Crippen LogP contribution is -2.16. The van der Waals surface area contributed by atoms with E-state index in [9.17, 15) is 13.6 Å². The van der Waals surface area contributed by atoms with Gasteiger partial charge in [-0.15, -0.1) is 0 Å². The maximum absolute atomic E-state index is 14.2. The van der Waals surface area contributed by atoms with Crippen LogP contribution in [-0.4, -0.2) is 10.9 Å². The van der Waals surface area contributed by atoms with E-state index in [1.165, 1.54) is 0 Å². The van der Waals surface area contributed by atoms with Crippen molar-refractivity contribution in [1.82, 2.24) is 4.98 Å². The van der Waals surface area contributed by atoms with Crippen molar-refractivity contribution in [3.8, 4) is 11.3 Å². The first-order valence-corrected chi connectivity index (χ1v) is 10.1. The monoisotopic (exact) mass is 485 g/mol. The lowest BCUT2D eigenvalue weighted by molar-refractivity contribution is 0.102. The molecule has 0 fully saturated rings. The van der Waals surface area contributed by atoms with E-state index < -0.39 is 28.3 Å². The highest BCUT2D eigenvalue weighted by atomic mass is 79.9. The summed E-state index contributed by atoms with van der Waals surface area (Å²) in [4.78, 5) is 17.9. The molecule has 0 bridgehead atoms. The number of anilines is 1. The summed E-state index contributed by atoms with van der Waals surface area (Å²) in [5, 5.41) is 2.58. The van der Waals surface area contributed by atoms with Gasteiger partial charge in [0.2, 0.25) is 0 Å². The van der Waals surface area contributed by atoms with Crippen LogP contribution in [0.25, 0.3) is 22.2 Å². The first-order chi connectivity index (χ1) is 14.3. The Bertz CT molecular complexity index is 1300. The largest absolute Gasteiger partial charge is 0.319 e. The Morgan fingerprint density at radius 2 is 1.87 bits per heavy atom. The van der Waals surface area contributed by atoms with Gasteiger partial charge in [-0.3, -0.25) is 4.79 Å². The van der Waals surface area contributed by atoms with Crippen molar-refractivity contribution in [3.63, 3.8) is 0 Å². The molecule has 1 amide bonds. The van der Waals surface area contributed by atoms with E-state index in [-0.39, 0.29) is 0 Å². The van der Waals surface area contributed by atoms with Crippen LogP contribution in [-0.2, 0) is 0 Å². The molecule has 0 saturated heterocycles. The zero-order valence-electron chi connectivity index (χ0n) is 15.6. The second kappa shape index (κ2) is 8.13. The van der Waals surface area contributed by atoms with E-state index in [4.69, 9.17) is 16.6 Å². The third-order valence-electron chi connectivity index (χ3n) is 4.64. The molecule has 7 heteroatoms. The van der Waals surface area contributed by atoms with Crippen LogP contribution in [0.3, 0.4) is 0 Å². The number of halogens is 4. The number of benzene rings is 3. The van der Waals surface area contributed by atoms with Gasteiger partial charge in [-0.2, -0.15) is 0 Å². The van der Waals surface area contributed by atoms with Crippen LogP contribution < -0.4 is 5.32 Å². The third kappa shape index (κ3) is 3.80. The molecule has 1 radical (unpaired) electrons. The van der Waals surface area contributed by atoms with E-state index in [1.807, 2.05) is 36.4 Å². The Morgan fingerprint density at radius 1 is 1.13 bits per heavy atom. The second-order valence-corrected chi connectivity index (χ2v) is 7.92. The lowest BCUT2D eigenvalue weighted by atomic mass is 9.97. The Kier molecular flexibility index (Phi) is 5.54. The van der Waals surface area contributed by atoms with Gasteiger partial charge in [-0.1, -0.05) is 57.9 Å². The Hall–Kier alpha value is -2.83. The van der Waals surface area contributed by atoms with Crippen LogP contribution in [0.1, 0.15) is 15.9 Å². The minimum absolute atomic E-state index is 0.309. The standard InChI is InChI=1S/C23H13BrClF2N2O/c1-12-21(23(30)29-20-11-17(26)16(25)10-18(20)27)15-9-14(24)7-8-19(15)28-22(12)13-5-3-2-4-6-13/h2-10H,1H3,(H,29,30). The number of hydrogen-bond donors (Lipinski definition) is 1. The van der Waals surface area contributed by atoms with Crippen LogP contribution in [0, 0.1) is 24.6 Å². The molecule has 30 heavy (non-hydrogen) atoms. The molecule has 1 aromatic heterocycles. The van der Waals surface area contributed by atoms with Crippen LogP contribution in [0.4, 0.5) is 14.5 Å². The van der Waals surface area contributed by atoms with E-state index >= 15 is 0 Å². The molecule has 1 N–H and O–H groups in total. The summed E-state index contributed by atoms with van der Waals surface area (Å²) in [5.74, 6) is -2.43. The van der Waals surface area contributed by atoms with E-state index in [0.29, 0.717) is 27.7 Å². The molecule has 0 spiro atoms. The molecular formula is C23H13BrClF2N2O. The highest BCUT2D eigenvalue weighted by Crippen LogP contribution is 2.32. The van der Waals surface area contributed by atoms with Gasteiger partial charge in [-0.05, 0) is 36.8 Å². The van der Waals surface area contributed by atoms with Gasteiger partial charge in [0.05, 0.1) is 33.6 Å². The number of hydrogen-bond acceptors (Lipinski definition) is 2. The van der Waals surface area contributed by atoms with E-state index in [2.05, 4.69) is 27.3 Å². The smallest absolute Gasteiger partial charge is 0.256 e. The summed E-state index contributed by atoms with van der Waals surface area (Å²) in [7, 11) is 0. The van der Waals surface area contributed by atoms with E-state index in [0.717, 1.165) is 16.1 Å². The summed E-state index contributed by atoms with van der Waals surface area (Å²) in [6.07, 6.45) is 0. The number of fused-ring (bicyclic) bond motifs is 1. The van der Waals surface area contributed by atoms with Crippen LogP contribution in [0.2, 0.25) is 5.02 Å². The number of nitrogens with zero attached hydrogens (tertiary/aromatic N) is 1. The van der Waals surface area contributed by atoms with Gasteiger partial charge in [0.1, 0.15) is 5.82 Å². The Balaban J connectivity index is 1.90. The maximum Gasteiger partial charge on any atom is 0.256 e. The Morgan fingerprint density at radius 3 is 2.60 bits per heavy atom. The first kappa shape index (κ1) is 20.4. The molecule has 4 aromatic rings. The number of rotatable bonds is 3. The van der Waals surface area contributed by atoms with Gasteiger partial charge in [0, 0.05) is 15.4 Å². The number of nitrogens with one attached hydrogen (secondary N) is 1. The number of pyridine rings is 1. The SMILES string of the molecule is Cc1c(-c2ccccc2)nc2ccc(Br)cc2c1C(=O)Nc1[c]c(F)c(Cl)cc1F. The summed E-state index contributed by atoms with van der Waals surface area (Å²) < 4.78 is 28.7. The molecule has 0 aliphatic rings. The molecule has 149 valence electrons. The van der Waals surface area contributed by atoms with Gasteiger partial charge >= 0.3 is 0 Å². The quantitative estimate of drug-likeness (QED) is 0.318. The number of aromatic nitrogens is 1. The molecule has 0 unspecified atom stereocenters. The zero-order valence-corrected chi connectivity index (χ0v) is 17.9. The number of carbonyl (C=O) groups excluding carboxylic acids is 1. The first-order valence-electron chi connectivity index (χ1n) is 8.88. The Labute approximate surface area is 184 Å². The fourth-order valence-electron chi connectivity index (χ4n) is 3.24. The summed E-state index contributed by atoms with van der Waals surface area (Å²) in [6.45, 7) is 1.77. The van der Waals surface area contributed by atoms with Gasteiger partial charge < -0.3 is 5.32 Å². The molecular weight excluding hydrogens is 474 g/mol. The fraction of sp³-hybridized carbons (Fsp3) is 0.0435. The predicted octanol–water partition coefficient (Wildman–Crippen LogP) is 6.96. The van der Waals surface area contributed by atoms with Crippen molar-refractivity contribution in [1.29, 1.82) is 0 Å². The maximum atomic E-state index is 14.2. The molecule has 1 heterocycles. The average Bonchev–Trinajstić information content (AvgIpc) is 2.72. The molecule has 3 aromatic carbocycles. The number of amides is 1. The summed E-state index contributed by atoms with van der Waals surface area (Å²) in [5.41, 5.74) is 2.57. The average molecular weight is 487 g/mol. The van der Waals surface area contributed by atoms with Crippen molar-refractivity contribution in [2.45, 2.75) is 6.92 Å². The van der Waals surface area contributed by atoms with Crippen molar-refractivity contribution in [3.05, 3.63) is 92.9 Å². The van der Waals surface area contributed by atoms with Crippen LogP contribution >= 0.6 is 27.5 Å². The van der Waals surface area contributed by atoms with Crippen molar-refractivity contribution < 1.29 is 13.6 Å². The molecule has 0 atom stereocenters. The number of carbonyl (C=O) groups is 1.